The largest absolute Gasteiger partial charge is 0.360 e. The lowest BCUT2D eigenvalue weighted by Crippen LogP contribution is -2.49. The van der Waals surface area contributed by atoms with Crippen molar-refractivity contribution < 1.29 is 13.7 Å². The van der Waals surface area contributed by atoms with Gasteiger partial charge in [-0.2, -0.15) is 0 Å². The van der Waals surface area contributed by atoms with Crippen molar-refractivity contribution >= 4 is 44.3 Å². The van der Waals surface area contributed by atoms with Crippen molar-refractivity contribution in [2.75, 3.05) is 31.1 Å². The summed E-state index contributed by atoms with van der Waals surface area (Å²) in [6.45, 7) is 3.90. The normalized spacial score (nSPS) is 14.4. The van der Waals surface area contributed by atoms with E-state index < -0.39 is 5.82 Å². The summed E-state index contributed by atoms with van der Waals surface area (Å²) < 4.78 is 19.7. The Balaban J connectivity index is 1.37. The van der Waals surface area contributed by atoms with E-state index in [2.05, 4.69) is 20.0 Å². The van der Waals surface area contributed by atoms with Crippen molar-refractivity contribution in [3.63, 3.8) is 0 Å². The zero-order chi connectivity index (χ0) is 21.5. The molecule has 1 aliphatic heterocycles. The van der Waals surface area contributed by atoms with Crippen molar-refractivity contribution in [3.8, 4) is 11.3 Å². The minimum absolute atomic E-state index is 0.0741. The number of fused-ring (bicyclic) bond motifs is 1. The number of benzene rings is 1. The smallest absolute Gasteiger partial charge is 0.259 e. The first-order valence-electron chi connectivity index (χ1n) is 9.69. The summed E-state index contributed by atoms with van der Waals surface area (Å²) in [5.41, 5.74) is 1.31. The van der Waals surface area contributed by atoms with Crippen LogP contribution in [-0.4, -0.2) is 52.1 Å². The van der Waals surface area contributed by atoms with Crippen LogP contribution in [0.15, 0.2) is 41.1 Å². The predicted octanol–water partition coefficient (Wildman–Crippen LogP) is 4.41. The Hall–Kier alpha value is -3.04. The Bertz CT molecular complexity index is 1230. The van der Waals surface area contributed by atoms with Gasteiger partial charge in [0.05, 0.1) is 10.6 Å². The molecule has 1 aromatic carbocycles. The molecule has 1 aliphatic rings. The first-order chi connectivity index (χ1) is 15.0. The van der Waals surface area contributed by atoms with Gasteiger partial charge in [-0.15, -0.1) is 0 Å². The summed E-state index contributed by atoms with van der Waals surface area (Å²) in [6, 6.07) is 8.15. The molecule has 4 heterocycles. The number of hydrogen-bond acceptors (Lipinski definition) is 7. The summed E-state index contributed by atoms with van der Waals surface area (Å²) in [4.78, 5) is 27.0. The third-order valence-electron chi connectivity index (χ3n) is 5.27. The molecule has 0 radical (unpaired) electrons. The number of carbonyl (C=O) groups excluding carboxylic acids is 1. The van der Waals surface area contributed by atoms with Crippen LogP contribution in [0.25, 0.3) is 21.6 Å². The van der Waals surface area contributed by atoms with Gasteiger partial charge in [0.2, 0.25) is 0 Å². The van der Waals surface area contributed by atoms with Crippen molar-refractivity contribution in [2.45, 2.75) is 6.92 Å². The number of nitrogens with zero attached hydrogens (tertiary/aromatic N) is 5. The molecule has 4 aromatic rings. The number of aryl methyl sites for hydroxylation is 1. The number of anilines is 1. The maximum atomic E-state index is 14.4. The lowest BCUT2D eigenvalue weighted by atomic mass is 10.0. The average molecular weight is 458 g/mol. The molecule has 0 aliphatic carbocycles. The Morgan fingerprint density at radius 2 is 2.00 bits per heavy atom. The molecule has 158 valence electrons. The highest BCUT2D eigenvalue weighted by molar-refractivity contribution is 7.21. The van der Waals surface area contributed by atoms with E-state index in [1.165, 1.54) is 23.5 Å². The molecular formula is C21H17ClFN5O2S. The molecule has 31 heavy (non-hydrogen) atoms. The Morgan fingerprint density at radius 1 is 1.19 bits per heavy atom. The van der Waals surface area contributed by atoms with Crippen LogP contribution in [0.3, 0.4) is 0 Å². The first kappa shape index (κ1) is 19.9. The highest BCUT2D eigenvalue weighted by Crippen LogP contribution is 2.34. The molecule has 0 atom stereocenters. The maximum absolute atomic E-state index is 14.4. The lowest BCUT2D eigenvalue weighted by Gasteiger charge is -2.34. The van der Waals surface area contributed by atoms with Gasteiger partial charge in [0.1, 0.15) is 33.2 Å². The number of aromatic nitrogens is 3. The molecule has 7 nitrogen and oxygen atoms in total. The van der Waals surface area contributed by atoms with Gasteiger partial charge in [0.25, 0.3) is 5.91 Å². The van der Waals surface area contributed by atoms with Crippen LogP contribution in [-0.2, 0) is 0 Å². The van der Waals surface area contributed by atoms with E-state index in [1.54, 1.807) is 24.1 Å². The van der Waals surface area contributed by atoms with E-state index >= 15 is 0 Å². The number of carbonyl (C=O) groups is 1. The number of thiazole rings is 1. The van der Waals surface area contributed by atoms with Crippen molar-refractivity contribution in [2.24, 2.45) is 0 Å². The molecule has 0 unspecified atom stereocenters. The van der Waals surface area contributed by atoms with Gasteiger partial charge in [0, 0.05) is 32.4 Å². The van der Waals surface area contributed by atoms with Gasteiger partial charge in [-0.3, -0.25) is 4.79 Å². The minimum atomic E-state index is -0.552. The Morgan fingerprint density at radius 3 is 2.74 bits per heavy atom. The van der Waals surface area contributed by atoms with E-state index in [0.717, 1.165) is 15.5 Å². The Kier molecular flexibility index (Phi) is 5.07. The monoisotopic (exact) mass is 457 g/mol. The van der Waals surface area contributed by atoms with Crippen LogP contribution in [0.1, 0.15) is 16.1 Å². The van der Waals surface area contributed by atoms with E-state index in [1.807, 2.05) is 12.1 Å². The molecule has 1 saturated heterocycles. The fraction of sp³-hybridized carbons (Fsp3) is 0.238. The third-order valence-corrected chi connectivity index (χ3v) is 6.62. The second kappa shape index (κ2) is 7.90. The van der Waals surface area contributed by atoms with Crippen molar-refractivity contribution in [1.82, 2.24) is 20.0 Å². The highest BCUT2D eigenvalue weighted by Gasteiger charge is 2.31. The highest BCUT2D eigenvalue weighted by atomic mass is 35.5. The molecule has 5 rings (SSSR count). The zero-order valence-electron chi connectivity index (χ0n) is 16.5. The van der Waals surface area contributed by atoms with Crippen molar-refractivity contribution in [3.05, 3.63) is 58.7 Å². The Labute approximate surface area is 186 Å². The van der Waals surface area contributed by atoms with Gasteiger partial charge >= 0.3 is 0 Å². The van der Waals surface area contributed by atoms with Gasteiger partial charge in [0.15, 0.2) is 5.13 Å². The molecule has 3 aromatic heterocycles. The molecule has 0 bridgehead atoms. The molecule has 1 amide bonds. The van der Waals surface area contributed by atoms with E-state index in [0.29, 0.717) is 31.9 Å². The number of amides is 1. The molecule has 1 fully saturated rings. The van der Waals surface area contributed by atoms with Gasteiger partial charge in [-0.05, 0) is 31.2 Å². The fourth-order valence-electron chi connectivity index (χ4n) is 3.67. The second-order valence-corrected chi connectivity index (χ2v) is 8.53. The molecule has 0 N–H and O–H groups in total. The quantitative estimate of drug-likeness (QED) is 0.453. The summed E-state index contributed by atoms with van der Waals surface area (Å²) in [5, 5.41) is 5.00. The number of halogens is 2. The minimum Gasteiger partial charge on any atom is -0.360 e. The summed E-state index contributed by atoms with van der Waals surface area (Å²) >= 11 is 7.73. The van der Waals surface area contributed by atoms with E-state index in [-0.39, 0.29) is 27.8 Å². The number of hydrogen-bond donors (Lipinski definition) is 0. The zero-order valence-corrected chi connectivity index (χ0v) is 18.1. The van der Waals surface area contributed by atoms with Crippen LogP contribution in [0.4, 0.5) is 9.52 Å². The lowest BCUT2D eigenvalue weighted by molar-refractivity contribution is 0.0745. The number of pyridine rings is 1. The van der Waals surface area contributed by atoms with Crippen molar-refractivity contribution in [1.29, 1.82) is 0 Å². The second-order valence-electron chi connectivity index (χ2n) is 7.16. The van der Waals surface area contributed by atoms with Gasteiger partial charge in [-0.25, -0.2) is 14.4 Å². The molecule has 0 saturated carbocycles. The standard InChI is InChI=1S/C21H17ClFN5O2S/c1-12-16(18(26-30-12)17-13(22)4-2-5-14(17)23)20(29)27-8-10-28(11-9-27)21-25-15-6-3-7-24-19(15)31-21/h2-7H,8-11H2,1H3. The van der Waals surface area contributed by atoms with Gasteiger partial charge < -0.3 is 14.3 Å². The fourth-order valence-corrected chi connectivity index (χ4v) is 4.88. The third kappa shape index (κ3) is 3.53. The molecule has 0 spiro atoms. The van der Waals surface area contributed by atoms with Crippen LogP contribution in [0.5, 0.6) is 0 Å². The summed E-state index contributed by atoms with van der Waals surface area (Å²) in [7, 11) is 0. The molecule has 10 heteroatoms. The van der Waals surface area contributed by atoms with Crippen LogP contribution in [0, 0.1) is 12.7 Å². The molecular weight excluding hydrogens is 441 g/mol. The van der Waals surface area contributed by atoms with Crippen LogP contribution in [0.2, 0.25) is 5.02 Å². The van der Waals surface area contributed by atoms with E-state index in [9.17, 15) is 9.18 Å². The topological polar surface area (TPSA) is 75.4 Å². The summed E-state index contributed by atoms with van der Waals surface area (Å²) in [5.74, 6) is -0.471. The predicted molar refractivity (Wildman–Crippen MR) is 117 cm³/mol. The number of piperazine rings is 1. The van der Waals surface area contributed by atoms with Crippen LogP contribution >= 0.6 is 22.9 Å². The first-order valence-corrected chi connectivity index (χ1v) is 10.9. The van der Waals surface area contributed by atoms with Gasteiger partial charge in [-0.1, -0.05) is 34.2 Å². The number of rotatable bonds is 3. The van der Waals surface area contributed by atoms with E-state index in [4.69, 9.17) is 16.1 Å². The maximum Gasteiger partial charge on any atom is 0.259 e. The SMILES string of the molecule is Cc1onc(-c2c(F)cccc2Cl)c1C(=O)N1CCN(c2nc3cccnc3s2)CC1. The van der Waals surface area contributed by atoms with Crippen LogP contribution < -0.4 is 4.90 Å². The summed E-state index contributed by atoms with van der Waals surface area (Å²) in [6.07, 6.45) is 1.75. The average Bonchev–Trinajstić information content (AvgIpc) is 3.37.